The van der Waals surface area contributed by atoms with Gasteiger partial charge >= 0.3 is 0 Å². The van der Waals surface area contributed by atoms with E-state index in [9.17, 15) is 0 Å². The Kier molecular flexibility index (Phi) is 5.57. The van der Waals surface area contributed by atoms with Gasteiger partial charge in [0.2, 0.25) is 5.95 Å². The maximum Gasteiger partial charge on any atom is 0.234 e. The fourth-order valence-electron chi connectivity index (χ4n) is 8.00. The number of benzene rings is 6. The fraction of sp³-hybridized carbons (Fsp3) is 0. The predicted octanol–water partition coefficient (Wildman–Crippen LogP) is 10.6. The Balaban J connectivity index is 1.14. The van der Waals surface area contributed by atoms with Crippen LogP contribution in [-0.2, 0) is 0 Å². The molecule has 0 aliphatic carbocycles. The number of hydrogen-bond acceptors (Lipinski definition) is 2. The van der Waals surface area contributed by atoms with Crippen LogP contribution in [0.2, 0.25) is 0 Å². The highest BCUT2D eigenvalue weighted by atomic mass is 15.2. The Morgan fingerprint density at radius 3 is 1.32 bits per heavy atom. The molecule has 6 heteroatoms. The van der Waals surface area contributed by atoms with Crippen molar-refractivity contribution in [3.8, 4) is 23.0 Å². The van der Waals surface area contributed by atoms with E-state index in [4.69, 9.17) is 9.97 Å². The molecule has 0 radical (unpaired) electrons. The van der Waals surface area contributed by atoms with Crippen molar-refractivity contribution < 1.29 is 0 Å². The fourth-order valence-corrected chi connectivity index (χ4v) is 8.00. The third-order valence-electron chi connectivity index (χ3n) is 10.2. The van der Waals surface area contributed by atoms with Crippen LogP contribution in [0.3, 0.4) is 0 Å². The Morgan fingerprint density at radius 1 is 0.320 bits per heavy atom. The van der Waals surface area contributed by atoms with E-state index in [0.29, 0.717) is 5.95 Å². The van der Waals surface area contributed by atoms with Crippen LogP contribution < -0.4 is 0 Å². The Labute approximate surface area is 286 Å². The SMILES string of the molecule is c1ccc(-n2ccc3c2ccc2c4ccccc4n(-c4cnc(-n5c6ccccc6c6ccc7c(ccn7-c7ccccc7)c65)nc4)c23)cc1. The molecule has 6 nitrogen and oxygen atoms in total. The molecule has 0 spiro atoms. The molecule has 11 rings (SSSR count). The zero-order valence-corrected chi connectivity index (χ0v) is 26.8. The van der Waals surface area contributed by atoms with Crippen LogP contribution >= 0.6 is 0 Å². The molecular weight excluding hydrogens is 613 g/mol. The van der Waals surface area contributed by atoms with Gasteiger partial charge < -0.3 is 13.7 Å². The van der Waals surface area contributed by atoms with E-state index in [1.165, 1.54) is 26.9 Å². The van der Waals surface area contributed by atoms with Crippen LogP contribution in [0.1, 0.15) is 0 Å². The normalized spacial score (nSPS) is 12.0. The van der Waals surface area contributed by atoms with Crippen molar-refractivity contribution in [1.29, 1.82) is 0 Å². The van der Waals surface area contributed by atoms with Crippen molar-refractivity contribution in [3.05, 3.63) is 170 Å². The quantitative estimate of drug-likeness (QED) is 0.192. The standard InChI is InChI=1S/C44H28N6/c1-3-11-29(12-4-1)47-25-23-36-38(47)21-19-34-32-15-7-9-17-40(32)49(42(34)36)31-27-45-44(46-28-31)50-41-18-10-8-16-33(41)35-20-22-39-37(43(35)50)24-26-48(39)30-13-5-2-6-14-30/h1-28H. The summed E-state index contributed by atoms with van der Waals surface area (Å²) in [4.78, 5) is 10.2. The molecule has 0 N–H and O–H groups in total. The first-order valence-electron chi connectivity index (χ1n) is 16.8. The smallest absolute Gasteiger partial charge is 0.234 e. The lowest BCUT2D eigenvalue weighted by atomic mass is 10.1. The minimum atomic E-state index is 0.640. The molecule has 0 fully saturated rings. The van der Waals surface area contributed by atoms with E-state index in [1.807, 2.05) is 12.4 Å². The van der Waals surface area contributed by atoms with Crippen LogP contribution in [0.15, 0.2) is 170 Å². The number of nitrogens with zero attached hydrogens (tertiary/aromatic N) is 6. The maximum absolute atomic E-state index is 5.11. The number of rotatable bonds is 4. The van der Waals surface area contributed by atoms with Gasteiger partial charge in [0.1, 0.15) is 0 Å². The van der Waals surface area contributed by atoms with E-state index in [-0.39, 0.29) is 0 Å². The molecule has 234 valence electrons. The van der Waals surface area contributed by atoms with Gasteiger partial charge in [0, 0.05) is 56.1 Å². The van der Waals surface area contributed by atoms with E-state index < -0.39 is 0 Å². The number of hydrogen-bond donors (Lipinski definition) is 0. The Morgan fingerprint density at radius 2 is 0.780 bits per heavy atom. The van der Waals surface area contributed by atoms with Crippen LogP contribution in [0, 0.1) is 0 Å². The summed E-state index contributed by atoms with van der Waals surface area (Å²) in [7, 11) is 0. The Hall–Kier alpha value is -6.92. The molecule has 0 amide bonds. The van der Waals surface area contributed by atoms with Crippen molar-refractivity contribution in [2.24, 2.45) is 0 Å². The maximum atomic E-state index is 5.11. The highest BCUT2D eigenvalue weighted by molar-refractivity contribution is 6.19. The van der Waals surface area contributed by atoms with Crippen molar-refractivity contribution in [2.45, 2.75) is 0 Å². The zero-order valence-electron chi connectivity index (χ0n) is 26.8. The molecular formula is C44H28N6. The molecule has 0 aliphatic rings. The van der Waals surface area contributed by atoms with E-state index in [1.54, 1.807) is 0 Å². The molecule has 0 saturated carbocycles. The summed E-state index contributed by atoms with van der Waals surface area (Å²) in [6.45, 7) is 0. The predicted molar refractivity (Wildman–Crippen MR) is 204 cm³/mol. The third-order valence-corrected chi connectivity index (χ3v) is 10.2. The summed E-state index contributed by atoms with van der Waals surface area (Å²) in [6, 6.07) is 51.5. The molecule has 0 atom stereocenters. The lowest BCUT2D eigenvalue weighted by molar-refractivity contribution is 0.970. The number of para-hydroxylation sites is 4. The second-order valence-corrected chi connectivity index (χ2v) is 12.8. The summed E-state index contributed by atoms with van der Waals surface area (Å²) in [6.07, 6.45) is 8.25. The van der Waals surface area contributed by atoms with Gasteiger partial charge in [-0.2, -0.15) is 0 Å². The van der Waals surface area contributed by atoms with Gasteiger partial charge in [0.15, 0.2) is 0 Å². The lowest BCUT2D eigenvalue weighted by Crippen LogP contribution is -2.03. The largest absolute Gasteiger partial charge is 0.316 e. The van der Waals surface area contributed by atoms with Crippen molar-refractivity contribution >= 4 is 65.4 Å². The molecule has 50 heavy (non-hydrogen) atoms. The van der Waals surface area contributed by atoms with Crippen LogP contribution in [0.5, 0.6) is 0 Å². The van der Waals surface area contributed by atoms with Crippen molar-refractivity contribution in [2.75, 3.05) is 0 Å². The third kappa shape index (κ3) is 3.73. The Bertz CT molecular complexity index is 2860. The minimum absolute atomic E-state index is 0.640. The average molecular weight is 641 g/mol. The first-order valence-corrected chi connectivity index (χ1v) is 16.8. The van der Waals surface area contributed by atoms with Gasteiger partial charge in [-0.3, -0.25) is 4.57 Å². The number of fused-ring (bicyclic) bond motifs is 10. The molecule has 0 saturated heterocycles. The molecule has 0 bridgehead atoms. The number of aromatic nitrogens is 6. The monoisotopic (exact) mass is 640 g/mol. The highest BCUT2D eigenvalue weighted by Crippen LogP contribution is 2.39. The van der Waals surface area contributed by atoms with E-state index in [0.717, 1.165) is 55.5 Å². The van der Waals surface area contributed by atoms with Crippen molar-refractivity contribution in [1.82, 2.24) is 28.2 Å². The molecule has 5 aromatic heterocycles. The van der Waals surface area contributed by atoms with Gasteiger partial charge in [-0.1, -0.05) is 84.9 Å². The molecule has 6 aromatic carbocycles. The summed E-state index contributed by atoms with van der Waals surface area (Å²) in [5.74, 6) is 0.640. The second kappa shape index (κ2) is 10.3. The van der Waals surface area contributed by atoms with Crippen molar-refractivity contribution in [3.63, 3.8) is 0 Å². The van der Waals surface area contributed by atoms with Crippen LogP contribution in [0.4, 0.5) is 0 Å². The van der Waals surface area contributed by atoms with Gasteiger partial charge in [0.05, 0.1) is 51.2 Å². The van der Waals surface area contributed by atoms with Gasteiger partial charge in [0.25, 0.3) is 0 Å². The van der Waals surface area contributed by atoms with Gasteiger partial charge in [-0.25, -0.2) is 9.97 Å². The molecule has 5 heterocycles. The van der Waals surface area contributed by atoms with E-state index >= 15 is 0 Å². The molecule has 11 aromatic rings. The lowest BCUT2D eigenvalue weighted by Gasteiger charge is -2.11. The van der Waals surface area contributed by atoms with Crippen LogP contribution in [0.25, 0.3) is 88.4 Å². The van der Waals surface area contributed by atoms with E-state index in [2.05, 4.69) is 176 Å². The first-order chi connectivity index (χ1) is 24.8. The second-order valence-electron chi connectivity index (χ2n) is 12.8. The van der Waals surface area contributed by atoms with Crippen LogP contribution in [-0.4, -0.2) is 28.2 Å². The van der Waals surface area contributed by atoms with Gasteiger partial charge in [-0.15, -0.1) is 0 Å². The topological polar surface area (TPSA) is 45.5 Å². The molecule has 0 aliphatic heterocycles. The summed E-state index contributed by atoms with van der Waals surface area (Å²) in [5, 5.41) is 7.10. The molecule has 0 unspecified atom stereocenters. The first kappa shape index (κ1) is 27.1. The summed E-state index contributed by atoms with van der Waals surface area (Å²) in [5.41, 5.74) is 9.93. The minimum Gasteiger partial charge on any atom is -0.316 e. The zero-order chi connectivity index (χ0) is 32.8. The summed E-state index contributed by atoms with van der Waals surface area (Å²) >= 11 is 0. The van der Waals surface area contributed by atoms with Gasteiger partial charge in [-0.05, 0) is 60.7 Å². The summed E-state index contributed by atoms with van der Waals surface area (Å²) < 4.78 is 9.03. The average Bonchev–Trinajstić information content (AvgIpc) is 3.96. The highest BCUT2D eigenvalue weighted by Gasteiger charge is 2.20.